The van der Waals surface area contributed by atoms with Crippen LogP contribution in [0.15, 0.2) is 30.3 Å². The maximum Gasteiger partial charge on any atom is 0.323 e. The normalized spacial score (nSPS) is 17.2. The lowest BCUT2D eigenvalue weighted by molar-refractivity contribution is -0.151. The molecule has 1 aliphatic heterocycles. The van der Waals surface area contributed by atoms with E-state index < -0.39 is 6.04 Å². The minimum absolute atomic E-state index is 0.0415. The van der Waals surface area contributed by atoms with Crippen LogP contribution in [0, 0.1) is 0 Å². The summed E-state index contributed by atoms with van der Waals surface area (Å²) in [6.07, 6.45) is 0.142. The van der Waals surface area contributed by atoms with E-state index in [0.717, 1.165) is 0 Å². The third-order valence-electron chi connectivity index (χ3n) is 3.52. The molecule has 1 saturated heterocycles. The summed E-state index contributed by atoms with van der Waals surface area (Å²) in [5.74, 6) is -0.371. The van der Waals surface area contributed by atoms with Crippen molar-refractivity contribution in [2.75, 3.05) is 32.9 Å². The van der Waals surface area contributed by atoms with Crippen molar-refractivity contribution < 1.29 is 19.1 Å². The highest BCUT2D eigenvalue weighted by molar-refractivity contribution is 5.98. The monoisotopic (exact) mass is 291 g/mol. The molecule has 0 spiro atoms. The van der Waals surface area contributed by atoms with Gasteiger partial charge in [0.15, 0.2) is 5.78 Å². The predicted octanol–water partition coefficient (Wildman–Crippen LogP) is 1.52. The summed E-state index contributed by atoms with van der Waals surface area (Å²) in [6.45, 7) is 4.54. The first-order chi connectivity index (χ1) is 10.2. The Morgan fingerprint density at radius 2 is 1.90 bits per heavy atom. The van der Waals surface area contributed by atoms with Gasteiger partial charge in [-0.1, -0.05) is 30.3 Å². The number of hydrogen-bond acceptors (Lipinski definition) is 5. The van der Waals surface area contributed by atoms with Gasteiger partial charge in [0.2, 0.25) is 0 Å². The van der Waals surface area contributed by atoms with E-state index in [0.29, 0.717) is 38.5 Å². The van der Waals surface area contributed by atoms with Gasteiger partial charge in [0.25, 0.3) is 0 Å². The van der Waals surface area contributed by atoms with Gasteiger partial charge in [0, 0.05) is 25.1 Å². The number of morpholine rings is 1. The molecule has 0 aromatic heterocycles. The van der Waals surface area contributed by atoms with E-state index in [1.165, 1.54) is 0 Å². The lowest BCUT2D eigenvalue weighted by Crippen LogP contribution is -2.49. The number of esters is 1. The molecule has 21 heavy (non-hydrogen) atoms. The molecule has 114 valence electrons. The van der Waals surface area contributed by atoms with Gasteiger partial charge in [-0.25, -0.2) is 0 Å². The number of ketones is 1. The molecule has 5 nitrogen and oxygen atoms in total. The standard InChI is InChI=1S/C16H21NO4/c1-2-21-16(19)14(17-8-10-20-11-9-17)12-15(18)13-6-4-3-5-7-13/h3-7,14H,2,8-12H2,1H3. The van der Waals surface area contributed by atoms with Crippen molar-refractivity contribution in [3.8, 4) is 0 Å². The van der Waals surface area contributed by atoms with Crippen molar-refractivity contribution in [1.82, 2.24) is 4.90 Å². The second kappa shape index (κ2) is 7.90. The maximum absolute atomic E-state index is 12.3. The highest BCUT2D eigenvalue weighted by Gasteiger charge is 2.30. The maximum atomic E-state index is 12.3. The van der Waals surface area contributed by atoms with Crippen LogP contribution in [-0.4, -0.2) is 55.6 Å². The summed E-state index contributed by atoms with van der Waals surface area (Å²) in [7, 11) is 0. The van der Waals surface area contributed by atoms with Crippen molar-refractivity contribution >= 4 is 11.8 Å². The zero-order valence-electron chi connectivity index (χ0n) is 12.3. The molecule has 1 atom stereocenters. The van der Waals surface area contributed by atoms with Crippen molar-refractivity contribution in [3.63, 3.8) is 0 Å². The first kappa shape index (κ1) is 15.7. The van der Waals surface area contributed by atoms with Gasteiger partial charge < -0.3 is 9.47 Å². The Bertz CT molecular complexity index is 468. The average Bonchev–Trinajstić information content (AvgIpc) is 2.54. The van der Waals surface area contributed by atoms with Crippen molar-refractivity contribution in [2.45, 2.75) is 19.4 Å². The Labute approximate surface area is 124 Å². The molecule has 1 unspecified atom stereocenters. The predicted molar refractivity (Wildman–Crippen MR) is 78.2 cm³/mol. The second-order valence-electron chi connectivity index (χ2n) is 4.91. The summed E-state index contributed by atoms with van der Waals surface area (Å²) in [5.41, 5.74) is 0.625. The lowest BCUT2D eigenvalue weighted by Gasteiger charge is -2.32. The van der Waals surface area contributed by atoms with Gasteiger partial charge in [-0.2, -0.15) is 0 Å². The first-order valence-electron chi connectivity index (χ1n) is 7.29. The van der Waals surface area contributed by atoms with Gasteiger partial charge in [-0.15, -0.1) is 0 Å². The van der Waals surface area contributed by atoms with E-state index in [4.69, 9.17) is 9.47 Å². The van der Waals surface area contributed by atoms with Crippen LogP contribution in [0.2, 0.25) is 0 Å². The molecule has 5 heteroatoms. The Kier molecular flexibility index (Phi) is 5.90. The third kappa shape index (κ3) is 4.37. The summed E-state index contributed by atoms with van der Waals surface area (Å²) in [6, 6.07) is 8.51. The molecule has 0 aliphatic carbocycles. The summed E-state index contributed by atoms with van der Waals surface area (Å²) in [5, 5.41) is 0. The minimum Gasteiger partial charge on any atom is -0.465 e. The molecular weight excluding hydrogens is 270 g/mol. The zero-order chi connectivity index (χ0) is 15.1. The average molecular weight is 291 g/mol. The van der Waals surface area contributed by atoms with E-state index in [-0.39, 0.29) is 18.2 Å². The Morgan fingerprint density at radius 3 is 2.52 bits per heavy atom. The SMILES string of the molecule is CCOC(=O)C(CC(=O)c1ccccc1)N1CCOCC1. The van der Waals surface area contributed by atoms with Crippen LogP contribution in [0.5, 0.6) is 0 Å². The van der Waals surface area contributed by atoms with Crippen LogP contribution in [0.3, 0.4) is 0 Å². The van der Waals surface area contributed by atoms with Gasteiger partial charge in [-0.3, -0.25) is 14.5 Å². The molecule has 1 aromatic carbocycles. The lowest BCUT2D eigenvalue weighted by atomic mass is 10.0. The molecule has 0 saturated carbocycles. The van der Waals surface area contributed by atoms with Crippen LogP contribution >= 0.6 is 0 Å². The van der Waals surface area contributed by atoms with Crippen LogP contribution in [0.1, 0.15) is 23.7 Å². The number of carbonyl (C=O) groups excluding carboxylic acids is 2. The molecule has 0 N–H and O–H groups in total. The molecular formula is C16H21NO4. The highest BCUT2D eigenvalue weighted by Crippen LogP contribution is 2.14. The molecule has 1 fully saturated rings. The van der Waals surface area contributed by atoms with E-state index in [1.54, 1.807) is 19.1 Å². The quantitative estimate of drug-likeness (QED) is 0.587. The highest BCUT2D eigenvalue weighted by atomic mass is 16.5. The second-order valence-corrected chi connectivity index (χ2v) is 4.91. The fraction of sp³-hybridized carbons (Fsp3) is 0.500. The smallest absolute Gasteiger partial charge is 0.323 e. The molecule has 0 bridgehead atoms. The number of Topliss-reactive ketones (excluding diaryl/α,β-unsaturated/α-hetero) is 1. The molecule has 1 aliphatic rings. The molecule has 1 heterocycles. The number of carbonyl (C=O) groups is 2. The van der Waals surface area contributed by atoms with Crippen molar-refractivity contribution in [3.05, 3.63) is 35.9 Å². The Hall–Kier alpha value is -1.72. The number of benzene rings is 1. The fourth-order valence-corrected chi connectivity index (χ4v) is 2.41. The Balaban J connectivity index is 2.07. The van der Waals surface area contributed by atoms with Gasteiger partial charge in [0.05, 0.1) is 19.8 Å². The molecule has 1 aromatic rings. The van der Waals surface area contributed by atoms with Crippen molar-refractivity contribution in [2.24, 2.45) is 0 Å². The van der Waals surface area contributed by atoms with E-state index in [1.807, 2.05) is 23.1 Å². The topological polar surface area (TPSA) is 55.8 Å². The molecule has 0 radical (unpaired) electrons. The largest absolute Gasteiger partial charge is 0.465 e. The minimum atomic E-state index is -0.526. The number of hydrogen-bond donors (Lipinski definition) is 0. The third-order valence-corrected chi connectivity index (χ3v) is 3.52. The summed E-state index contributed by atoms with van der Waals surface area (Å²) >= 11 is 0. The van der Waals surface area contributed by atoms with E-state index >= 15 is 0 Å². The van der Waals surface area contributed by atoms with Gasteiger partial charge in [0.1, 0.15) is 6.04 Å². The van der Waals surface area contributed by atoms with E-state index in [2.05, 4.69) is 0 Å². The van der Waals surface area contributed by atoms with Gasteiger partial charge >= 0.3 is 5.97 Å². The summed E-state index contributed by atoms with van der Waals surface area (Å²) < 4.78 is 10.4. The number of rotatable bonds is 6. The fourth-order valence-electron chi connectivity index (χ4n) is 2.41. The van der Waals surface area contributed by atoms with Crippen LogP contribution in [0.4, 0.5) is 0 Å². The van der Waals surface area contributed by atoms with Gasteiger partial charge in [-0.05, 0) is 6.92 Å². The number of nitrogens with zero attached hydrogens (tertiary/aromatic N) is 1. The van der Waals surface area contributed by atoms with Crippen molar-refractivity contribution in [1.29, 1.82) is 0 Å². The van der Waals surface area contributed by atoms with Crippen LogP contribution in [0.25, 0.3) is 0 Å². The van der Waals surface area contributed by atoms with Crippen LogP contribution < -0.4 is 0 Å². The number of ether oxygens (including phenoxy) is 2. The first-order valence-corrected chi connectivity index (χ1v) is 7.29. The Morgan fingerprint density at radius 1 is 1.24 bits per heavy atom. The van der Waals surface area contributed by atoms with Crippen LogP contribution in [-0.2, 0) is 14.3 Å². The molecule has 0 amide bonds. The summed E-state index contributed by atoms with van der Waals surface area (Å²) in [4.78, 5) is 26.5. The zero-order valence-corrected chi connectivity index (χ0v) is 12.3. The molecule has 2 rings (SSSR count). The van der Waals surface area contributed by atoms with E-state index in [9.17, 15) is 9.59 Å².